The molecule has 0 aliphatic carbocycles. The number of carbonyl (C=O) groups is 5. The number of benzene rings is 10. The number of esters is 1. The fourth-order valence-electron chi connectivity index (χ4n) is 19.2. The maximum atomic E-state index is 12.8. The van der Waals surface area contributed by atoms with Crippen LogP contribution in [0.1, 0.15) is 199 Å². The number of hydrogen-bond acceptors (Lipinski definition) is 19. The fraction of sp³-hybridized carbons (Fsp3) is 0.333. The molecule has 5 spiro atoms. The normalized spacial score (nSPS) is 17.6. The van der Waals surface area contributed by atoms with Gasteiger partial charge in [-0.15, -0.1) is 12.1 Å². The molecule has 2 amide bonds. The summed E-state index contributed by atoms with van der Waals surface area (Å²) in [7, 11) is -4.45. The summed E-state index contributed by atoms with van der Waals surface area (Å²) in [6.45, 7) is 35.8. The molecule has 0 unspecified atom stereocenters. The number of ether oxygens (including phenoxy) is 8. The quantitative estimate of drug-likeness (QED) is 0.0190. The van der Waals surface area contributed by atoms with E-state index < -0.39 is 61.8 Å². The van der Waals surface area contributed by atoms with Crippen LogP contribution < -0.4 is 39.6 Å². The monoisotopic (exact) mass is 2140 g/mol. The SMILES string of the molecule is CC(C)(C)OC(=O)N1CCC2(C=C(OS(=O)(=O)C(F)(F)F)c3ccccc3O2)CC1.COC(=O)c1ccc(CC2=CC3(CCNCC3)Oc3ccccc32)cc1.O=C(O)c1ccc(C=C2CC3(CCNCC3)Oc3ccccc32)cc1.O=C(O)c1ccc(CC2=CC3(CCNCC3)Oc3ccccc32)cc1.[C-]#[N+]c1ccc(CC2=CC3(CCN(C(=O)OC(C)(C)C)CC3)Oc3ccccc32)cc1.[C-]#[N+]c1ccc([CH2-])cc1.[Zn+][Br]. The Kier molecular flexibility index (Phi) is 36.0. The minimum atomic E-state index is -5.85. The Labute approximate surface area is 879 Å². The maximum absolute atomic E-state index is 12.8. The first kappa shape index (κ1) is 110. The average Bonchev–Trinajstić information content (AvgIpc) is 0.757. The van der Waals surface area contributed by atoms with E-state index in [0.29, 0.717) is 41.2 Å². The molecule has 5 N–H and O–H groups in total. The number of alkyl halides is 3. The van der Waals surface area contributed by atoms with Crippen LogP contribution in [-0.2, 0) is 64.1 Å². The number of likely N-dealkylation sites (tertiary alicyclic amines) is 2. The third-order valence-electron chi connectivity index (χ3n) is 26.7. The Balaban J connectivity index is 0.000000142. The van der Waals surface area contributed by atoms with Gasteiger partial charge in [0.25, 0.3) is 0 Å². The average molecular weight is 2150 g/mol. The predicted octanol–water partition coefficient (Wildman–Crippen LogP) is 24.3. The summed E-state index contributed by atoms with van der Waals surface area (Å²) in [5.41, 5.74) is 8.78. The predicted molar refractivity (Wildman–Crippen MR) is 564 cm³/mol. The summed E-state index contributed by atoms with van der Waals surface area (Å²) in [5.74, 6) is 1.42. The zero-order chi connectivity index (χ0) is 106. The topological polar surface area (TPSA) is 294 Å². The van der Waals surface area contributed by atoms with Crippen molar-refractivity contribution < 1.29 is 114 Å². The van der Waals surface area contributed by atoms with Crippen LogP contribution in [0.2, 0.25) is 0 Å². The van der Waals surface area contributed by atoms with Crippen LogP contribution in [0, 0.1) is 20.1 Å². The van der Waals surface area contributed by atoms with Gasteiger partial charge in [-0.1, -0.05) is 152 Å². The van der Waals surface area contributed by atoms with Crippen molar-refractivity contribution in [3.05, 3.63) is 369 Å². The first-order valence-electron chi connectivity index (χ1n) is 49.3. The standard InChI is InChI=1S/C26H28N2O3.C22H23NO3.2C21H21NO3.C19H22F3NO6S.C8H6N.BrH.Zn/c1-25(2,3)31-24(29)28-15-13-26(14-16-28)18-20(22-7-5-6-8-23(22)30-26)17-19-9-11-21(27-4)12-10-19;1-25-21(24)17-8-6-16(7-9-17)14-18-15-22(10-12-23-13-11-22)26-20-5-3-2-4-19(18)20;2*23-20(24)16-7-5-15(6-8-16)13-17-14-21(9-11-22-12-10-21)25-19-4-2-1-3-18(17)19;1-17(2,3)28-16(24)23-10-8-18(9-11-23)12-15(29-30(25,26)19(20,21)22)13-6-4-5-7-14(13)27-18;1-7-3-5-8(9-2)6-4-7;;/h5-12,18H,13-17H2,1-3H3;2-9,15,23H,10-14H2,1H3;1-8,14,22H,9-13H2,(H,23,24);1-8,13,22H,9-12,14H2,(H,23,24);4-7,12H,8-11H2,1-3H3;3-6H,1H2;1H;/q;;;;;-1;;+2/p-1. The van der Waals surface area contributed by atoms with Crippen LogP contribution in [-0.4, -0.2) is 176 Å². The summed E-state index contributed by atoms with van der Waals surface area (Å²) in [6, 6.07) is 75.6. The summed E-state index contributed by atoms with van der Waals surface area (Å²) in [5, 5.41) is 28.3. The van der Waals surface area contributed by atoms with Crippen LogP contribution >= 0.6 is 13.6 Å². The minimum absolute atomic E-state index is 0.102. The van der Waals surface area contributed by atoms with Crippen LogP contribution in [0.3, 0.4) is 0 Å². The number of piperidine rings is 5. The van der Waals surface area contributed by atoms with Crippen molar-refractivity contribution in [3.63, 3.8) is 0 Å². The molecular weight excluding hydrogens is 2030 g/mol. The van der Waals surface area contributed by atoms with Gasteiger partial charge in [0.15, 0.2) is 17.1 Å². The number of carboxylic acid groups (broad SMARTS) is 2. The van der Waals surface area contributed by atoms with Crippen molar-refractivity contribution in [3.8, 4) is 28.7 Å². The molecule has 10 aliphatic heterocycles. The first-order chi connectivity index (χ1) is 70.8. The number of rotatable bonds is 12. The molecule has 0 radical (unpaired) electrons. The number of amides is 2. The number of nitrogens with one attached hydrogen (secondary N) is 3. The summed E-state index contributed by atoms with van der Waals surface area (Å²) >= 11 is 4.25. The number of methoxy groups -OCH3 is 1. The van der Waals surface area contributed by atoms with Crippen molar-refractivity contribution in [2.24, 2.45) is 0 Å². The number of aromatic carboxylic acids is 2. The molecule has 31 heteroatoms. The van der Waals surface area contributed by atoms with Gasteiger partial charge >= 0.3 is 75.7 Å². The van der Waals surface area contributed by atoms with Crippen LogP contribution in [0.5, 0.6) is 28.7 Å². The molecule has 0 bridgehead atoms. The van der Waals surface area contributed by atoms with E-state index in [0.717, 1.165) is 184 Å². The Morgan fingerprint density at radius 2 is 0.757 bits per heavy atom. The summed E-state index contributed by atoms with van der Waals surface area (Å²) < 4.78 is 114. The van der Waals surface area contributed by atoms with E-state index in [4.69, 9.17) is 61.3 Å². The number of nitrogens with zero attached hydrogens (tertiary/aromatic N) is 4. The molecule has 25 nitrogen and oxygen atoms in total. The third kappa shape index (κ3) is 28.8. The third-order valence-corrected chi connectivity index (χ3v) is 27.7. The molecule has 10 aromatic rings. The molecule has 0 aromatic heterocycles. The van der Waals surface area contributed by atoms with E-state index in [1.807, 2.05) is 166 Å². The van der Waals surface area contributed by atoms with Gasteiger partial charge in [-0.2, -0.15) is 46.2 Å². The van der Waals surface area contributed by atoms with E-state index in [9.17, 15) is 45.6 Å². The number of allylic oxidation sites excluding steroid dienone is 3. The van der Waals surface area contributed by atoms with Gasteiger partial charge in [-0.05, 0) is 248 Å². The van der Waals surface area contributed by atoms with Crippen molar-refractivity contribution in [2.75, 3.05) is 72.6 Å². The van der Waals surface area contributed by atoms with E-state index in [2.05, 4.69) is 111 Å². The van der Waals surface area contributed by atoms with Gasteiger partial charge in [0.2, 0.25) is 0 Å². The van der Waals surface area contributed by atoms with Gasteiger partial charge in [0.1, 0.15) is 68.0 Å². The number of hydrogen-bond donors (Lipinski definition) is 5. The van der Waals surface area contributed by atoms with Crippen LogP contribution in [0.4, 0.5) is 34.1 Å². The van der Waals surface area contributed by atoms with Gasteiger partial charge in [0.05, 0.1) is 42.5 Å². The van der Waals surface area contributed by atoms with Gasteiger partial charge < -0.3 is 78.0 Å². The molecule has 10 heterocycles. The molecule has 0 atom stereocenters. The van der Waals surface area contributed by atoms with Crippen LogP contribution in [0.15, 0.2) is 267 Å². The number of carboxylic acids is 2. The molecule has 768 valence electrons. The Morgan fingerprint density at radius 1 is 0.439 bits per heavy atom. The summed E-state index contributed by atoms with van der Waals surface area (Å²) in [4.78, 5) is 68.4. The van der Waals surface area contributed by atoms with Crippen molar-refractivity contribution in [1.29, 1.82) is 0 Å². The number of carbonyl (C=O) groups excluding carboxylic acids is 3. The Bertz CT molecular complexity index is 6750. The van der Waals surface area contributed by atoms with Gasteiger partial charge in [-0.25, -0.2) is 33.7 Å². The number of halogens is 4. The van der Waals surface area contributed by atoms with Crippen LogP contribution in [0.25, 0.3) is 43.8 Å². The zero-order valence-corrected chi connectivity index (χ0v) is 89.4. The molecule has 10 aromatic carbocycles. The molecule has 10 aliphatic rings. The second-order valence-electron chi connectivity index (χ2n) is 39.7. The summed E-state index contributed by atoms with van der Waals surface area (Å²) in [6.07, 6.45) is 20.5. The Morgan fingerprint density at radius 3 is 1.12 bits per heavy atom. The molecule has 5 saturated heterocycles. The molecule has 148 heavy (non-hydrogen) atoms. The Hall–Kier alpha value is -13.8. The second kappa shape index (κ2) is 48.5. The van der Waals surface area contributed by atoms with E-state index in [1.165, 1.54) is 80.5 Å². The van der Waals surface area contributed by atoms with Gasteiger partial charge in [-0.3, -0.25) is 0 Å². The molecule has 20 rings (SSSR count). The second-order valence-corrected chi connectivity index (χ2v) is 41.2. The molecule has 5 fully saturated rings. The van der Waals surface area contributed by atoms with E-state index >= 15 is 0 Å². The van der Waals surface area contributed by atoms with Crippen molar-refractivity contribution >= 4 is 99.3 Å². The van der Waals surface area contributed by atoms with E-state index in [-0.39, 0.29) is 66.1 Å². The van der Waals surface area contributed by atoms with E-state index in [1.54, 1.807) is 68.1 Å². The number of fused-ring (bicyclic) bond motifs is 5. The molecule has 0 saturated carbocycles. The van der Waals surface area contributed by atoms with Crippen molar-refractivity contribution in [1.82, 2.24) is 25.8 Å². The van der Waals surface area contributed by atoms with Gasteiger partial charge in [0, 0.05) is 112 Å². The van der Waals surface area contributed by atoms with Crippen molar-refractivity contribution in [2.45, 2.75) is 176 Å². The number of para-hydroxylation sites is 5. The molecular formula is C117H121BrF3N7O18SZn. The zero-order valence-electron chi connectivity index (χ0n) is 84.0. The fourth-order valence-corrected chi connectivity index (χ4v) is 19.6. The first-order valence-corrected chi connectivity index (χ1v) is 57.6.